The van der Waals surface area contributed by atoms with Crippen LogP contribution < -0.4 is 15.4 Å². The highest BCUT2D eigenvalue weighted by Gasteiger charge is 2.19. The molecule has 1 aromatic carbocycles. The molecule has 0 atom stereocenters. The number of amides is 1. The van der Waals surface area contributed by atoms with E-state index in [0.717, 1.165) is 5.56 Å². The summed E-state index contributed by atoms with van der Waals surface area (Å²) in [4.78, 5) is 11.6. The van der Waals surface area contributed by atoms with Gasteiger partial charge >= 0.3 is 0 Å². The van der Waals surface area contributed by atoms with Crippen molar-refractivity contribution in [3.05, 3.63) is 60.4 Å². The van der Waals surface area contributed by atoms with Crippen LogP contribution in [0.3, 0.4) is 0 Å². The van der Waals surface area contributed by atoms with Gasteiger partial charge in [0.2, 0.25) is 15.9 Å². The number of aryl methyl sites for hydroxylation is 1. The number of hydrogen-bond donors (Lipinski definition) is 3. The zero-order valence-electron chi connectivity index (χ0n) is 15.5. The Bertz CT molecular complexity index is 1110. The highest BCUT2D eigenvalue weighted by molar-refractivity contribution is 7.89. The Hall–Kier alpha value is -3.24. The number of anilines is 2. The van der Waals surface area contributed by atoms with Crippen molar-refractivity contribution in [2.45, 2.75) is 17.7 Å². The molecule has 150 valence electrons. The Morgan fingerprint density at radius 1 is 1.03 bits per heavy atom. The van der Waals surface area contributed by atoms with E-state index in [9.17, 15) is 13.2 Å². The van der Waals surface area contributed by atoms with Crippen LogP contribution >= 0.6 is 0 Å². The van der Waals surface area contributed by atoms with Gasteiger partial charge in [-0.05, 0) is 54.4 Å². The lowest BCUT2D eigenvalue weighted by molar-refractivity contribution is -0.116. The third-order valence-electron chi connectivity index (χ3n) is 4.53. The average molecular weight is 412 g/mol. The molecule has 0 radical (unpaired) electrons. The Morgan fingerprint density at radius 3 is 2.62 bits per heavy atom. The summed E-state index contributed by atoms with van der Waals surface area (Å²) in [6, 6.07) is 12.1. The number of benzene rings is 1. The second-order valence-corrected chi connectivity index (χ2v) is 8.33. The van der Waals surface area contributed by atoms with Crippen molar-refractivity contribution in [1.29, 1.82) is 0 Å². The van der Waals surface area contributed by atoms with Crippen molar-refractivity contribution >= 4 is 27.4 Å². The predicted octanol–water partition coefficient (Wildman–Crippen LogP) is 1.54. The van der Waals surface area contributed by atoms with E-state index in [-0.39, 0.29) is 17.3 Å². The lowest BCUT2D eigenvalue weighted by Gasteiger charge is -2.17. The van der Waals surface area contributed by atoms with Crippen molar-refractivity contribution < 1.29 is 13.2 Å². The fourth-order valence-corrected chi connectivity index (χ4v) is 4.11. The van der Waals surface area contributed by atoms with Crippen molar-refractivity contribution in [2.24, 2.45) is 0 Å². The van der Waals surface area contributed by atoms with Crippen molar-refractivity contribution in [3.63, 3.8) is 0 Å². The Morgan fingerprint density at radius 2 is 1.86 bits per heavy atom. The van der Waals surface area contributed by atoms with Crippen LogP contribution in [0.1, 0.15) is 12.0 Å². The molecule has 3 aromatic rings. The molecule has 4 rings (SSSR count). The molecule has 29 heavy (non-hydrogen) atoms. The second-order valence-electron chi connectivity index (χ2n) is 6.56. The monoisotopic (exact) mass is 412 g/mol. The Balaban J connectivity index is 1.31. The first-order chi connectivity index (χ1) is 14.0. The minimum atomic E-state index is -3.64. The van der Waals surface area contributed by atoms with Crippen LogP contribution in [0.4, 0.5) is 11.5 Å². The number of rotatable bonds is 7. The normalized spacial score (nSPS) is 13.6. The van der Waals surface area contributed by atoms with Gasteiger partial charge in [0.1, 0.15) is 5.82 Å². The first-order valence-electron chi connectivity index (χ1n) is 9.15. The van der Waals surface area contributed by atoms with Crippen LogP contribution in [0.15, 0.2) is 59.8 Å². The molecule has 0 spiro atoms. The van der Waals surface area contributed by atoms with Crippen molar-refractivity contribution in [3.8, 4) is 5.82 Å². The minimum Gasteiger partial charge on any atom is -0.367 e. The van der Waals surface area contributed by atoms with E-state index in [0.29, 0.717) is 36.7 Å². The van der Waals surface area contributed by atoms with E-state index < -0.39 is 10.0 Å². The van der Waals surface area contributed by atoms with Crippen LogP contribution in [-0.2, 0) is 21.2 Å². The van der Waals surface area contributed by atoms with E-state index in [1.165, 1.54) is 6.07 Å². The van der Waals surface area contributed by atoms with Crippen LogP contribution in [-0.4, -0.2) is 42.2 Å². The predicted molar refractivity (Wildman–Crippen MR) is 108 cm³/mol. The molecular weight excluding hydrogens is 392 g/mol. The van der Waals surface area contributed by atoms with Gasteiger partial charge in [-0.3, -0.25) is 4.79 Å². The minimum absolute atomic E-state index is 0.0539. The van der Waals surface area contributed by atoms with Crippen molar-refractivity contribution in [1.82, 2.24) is 19.5 Å². The molecule has 0 bridgehead atoms. The maximum atomic E-state index is 12.5. The smallest absolute Gasteiger partial charge is 0.240 e. The molecule has 0 fully saturated rings. The van der Waals surface area contributed by atoms with E-state index in [2.05, 4.69) is 25.6 Å². The third kappa shape index (κ3) is 4.44. The number of sulfonamides is 1. The van der Waals surface area contributed by atoms with Gasteiger partial charge in [-0.2, -0.15) is 0 Å². The number of aromatic nitrogens is 3. The van der Waals surface area contributed by atoms with Crippen molar-refractivity contribution in [2.75, 3.05) is 23.7 Å². The number of carbonyl (C=O) groups excluding carboxylic acids is 1. The summed E-state index contributed by atoms with van der Waals surface area (Å²) in [6.45, 7) is 0.551. The van der Waals surface area contributed by atoms with E-state index in [4.69, 9.17) is 0 Å². The Labute approximate surface area is 168 Å². The molecule has 9 nitrogen and oxygen atoms in total. The number of nitrogens with zero attached hydrogens (tertiary/aromatic N) is 3. The van der Waals surface area contributed by atoms with Gasteiger partial charge in [0.05, 0.1) is 4.90 Å². The molecule has 3 heterocycles. The largest absolute Gasteiger partial charge is 0.367 e. The summed E-state index contributed by atoms with van der Waals surface area (Å²) in [5.74, 6) is 1.20. The average Bonchev–Trinajstić information content (AvgIpc) is 3.26. The third-order valence-corrected chi connectivity index (χ3v) is 5.98. The molecule has 0 saturated heterocycles. The maximum Gasteiger partial charge on any atom is 0.240 e. The first kappa shape index (κ1) is 19.1. The molecule has 0 aliphatic carbocycles. The van der Waals surface area contributed by atoms with Gasteiger partial charge < -0.3 is 15.2 Å². The summed E-state index contributed by atoms with van der Waals surface area (Å²) in [5.41, 5.74) is 1.49. The molecular formula is C19H20N6O3S. The summed E-state index contributed by atoms with van der Waals surface area (Å²) in [5, 5.41) is 14.0. The number of fused-ring (bicyclic) bond motifs is 1. The standard InChI is InChI=1S/C19H20N6O3S/c26-19-8-3-14-13-15(4-5-16(14)22-19)29(27,28)21-10-9-20-17-6-7-18(24-23-17)25-11-1-2-12-25/h1-2,4-7,11-13,21H,3,8-10H2,(H,20,23)(H,22,26). The lowest BCUT2D eigenvalue weighted by atomic mass is 10.0. The Kier molecular flexibility index (Phi) is 5.28. The van der Waals surface area contributed by atoms with Gasteiger partial charge in [0.15, 0.2) is 5.82 Å². The van der Waals surface area contributed by atoms with Gasteiger partial charge in [-0.15, -0.1) is 10.2 Å². The fourth-order valence-electron chi connectivity index (χ4n) is 3.03. The molecule has 0 unspecified atom stereocenters. The summed E-state index contributed by atoms with van der Waals surface area (Å²) in [6.07, 6.45) is 4.64. The van der Waals surface area contributed by atoms with Gasteiger partial charge in [-0.1, -0.05) is 0 Å². The van der Waals surface area contributed by atoms with Crippen LogP contribution in [0.5, 0.6) is 0 Å². The first-order valence-corrected chi connectivity index (χ1v) is 10.6. The van der Waals surface area contributed by atoms with Crippen LogP contribution in [0.25, 0.3) is 5.82 Å². The highest BCUT2D eigenvalue weighted by Crippen LogP contribution is 2.25. The summed E-state index contributed by atoms with van der Waals surface area (Å²) in [7, 11) is -3.64. The van der Waals surface area contributed by atoms with Crippen LogP contribution in [0.2, 0.25) is 0 Å². The number of hydrogen-bond acceptors (Lipinski definition) is 6. The molecule has 0 saturated carbocycles. The van der Waals surface area contributed by atoms with Crippen LogP contribution in [0, 0.1) is 0 Å². The number of nitrogens with one attached hydrogen (secondary N) is 3. The zero-order valence-corrected chi connectivity index (χ0v) is 16.3. The highest BCUT2D eigenvalue weighted by atomic mass is 32.2. The topological polar surface area (TPSA) is 118 Å². The van der Waals surface area contributed by atoms with E-state index in [1.807, 2.05) is 35.2 Å². The lowest BCUT2D eigenvalue weighted by Crippen LogP contribution is -2.29. The van der Waals surface area contributed by atoms with E-state index in [1.54, 1.807) is 18.2 Å². The quantitative estimate of drug-likeness (QED) is 0.507. The SMILES string of the molecule is O=C1CCc2cc(S(=O)(=O)NCCNc3ccc(-n4cccc4)nn3)ccc2N1. The van der Waals surface area contributed by atoms with Gasteiger partial charge in [-0.25, -0.2) is 13.1 Å². The second kappa shape index (κ2) is 8.02. The molecule has 1 aliphatic rings. The summed E-state index contributed by atoms with van der Waals surface area (Å²) >= 11 is 0. The van der Waals surface area contributed by atoms with Gasteiger partial charge in [0.25, 0.3) is 0 Å². The molecule has 2 aromatic heterocycles. The zero-order chi connectivity index (χ0) is 20.3. The molecule has 10 heteroatoms. The molecule has 1 aliphatic heterocycles. The van der Waals surface area contributed by atoms with Gasteiger partial charge in [0, 0.05) is 37.6 Å². The molecule has 1 amide bonds. The molecule has 3 N–H and O–H groups in total. The number of carbonyl (C=O) groups is 1. The fraction of sp³-hybridized carbons (Fsp3) is 0.211. The van der Waals surface area contributed by atoms with E-state index >= 15 is 0 Å². The summed E-state index contributed by atoms with van der Waals surface area (Å²) < 4.78 is 29.4. The maximum absolute atomic E-state index is 12.5.